The minimum Gasteiger partial charge on any atom is -0.493 e. The first kappa shape index (κ1) is 42.8. The van der Waals surface area contributed by atoms with Gasteiger partial charge in [-0.05, 0) is 78.6 Å². The Morgan fingerprint density at radius 2 is 1.84 bits per heavy atom. The molecule has 0 saturated carbocycles. The molecule has 0 spiro atoms. The van der Waals surface area contributed by atoms with E-state index in [2.05, 4.69) is 50.5 Å². The summed E-state index contributed by atoms with van der Waals surface area (Å²) in [7, 11) is -4.64. The van der Waals surface area contributed by atoms with Gasteiger partial charge in [-0.1, -0.05) is 43.2 Å². The minimum atomic E-state index is -4.64. The summed E-state index contributed by atoms with van der Waals surface area (Å²) in [4.78, 5) is 39.4. The standard InChI is InChI=1S/C46H50ClN7O8S/c1-46(2)11-9-32(40(22-46)30-3-5-33(47)6-4-30)25-51-13-15-53(16-14-51)34-7-8-38(43(19-34)62-36-18-31-10-12-48-44(31)49-23-36)45(56)50-63(59,60)37-20-41(54(57)58)39-17-29(28-61-42(39)21-37)24-52-26-35(55)27-52/h3-8,10,12,18-21,23,29,35,55H,9,11,13-17,22,24-28H2,1-2H3,(H,48,49)(H,50,56)/t29-/m0/s1. The predicted octanol–water partition coefficient (Wildman–Crippen LogP) is 7.05. The van der Waals surface area contributed by atoms with Gasteiger partial charge < -0.3 is 24.5 Å². The largest absolute Gasteiger partial charge is 0.493 e. The van der Waals surface area contributed by atoms with Crippen LogP contribution in [0.4, 0.5) is 11.4 Å². The monoisotopic (exact) mass is 895 g/mol. The quantitative estimate of drug-likeness (QED) is 0.0859. The van der Waals surface area contributed by atoms with E-state index in [4.69, 9.17) is 21.1 Å². The Hall–Kier alpha value is -5.52. The Bertz CT molecular complexity index is 2710. The van der Waals surface area contributed by atoms with Crippen molar-refractivity contribution in [3.05, 3.63) is 117 Å². The number of aromatic amines is 1. The molecule has 0 bridgehead atoms. The number of aromatic nitrogens is 2. The number of H-pyrrole nitrogens is 1. The zero-order valence-corrected chi connectivity index (χ0v) is 36.8. The molecule has 3 aliphatic heterocycles. The van der Waals surface area contributed by atoms with Crippen LogP contribution in [0.15, 0.2) is 89.6 Å². The van der Waals surface area contributed by atoms with Crippen molar-refractivity contribution >= 4 is 55.5 Å². The number of nitrogens with zero attached hydrogens (tertiary/aromatic N) is 5. The number of nitro benzene ring substituents is 1. The maximum Gasteiger partial charge on any atom is 0.277 e. The number of halogens is 1. The highest BCUT2D eigenvalue weighted by atomic mass is 35.5. The van der Waals surface area contributed by atoms with Gasteiger partial charge in [0.2, 0.25) is 0 Å². The number of amides is 1. The first-order chi connectivity index (χ1) is 30.2. The van der Waals surface area contributed by atoms with Gasteiger partial charge in [0.05, 0.1) is 39.9 Å². The summed E-state index contributed by atoms with van der Waals surface area (Å²) in [5.41, 5.74) is 5.59. The highest BCUT2D eigenvalue weighted by Gasteiger charge is 2.35. The Morgan fingerprint density at radius 3 is 2.59 bits per heavy atom. The van der Waals surface area contributed by atoms with E-state index in [1.165, 1.54) is 35.0 Å². The predicted molar refractivity (Wildman–Crippen MR) is 240 cm³/mol. The first-order valence-corrected chi connectivity index (χ1v) is 23.1. The van der Waals surface area contributed by atoms with Crippen molar-refractivity contribution < 1.29 is 32.7 Å². The van der Waals surface area contributed by atoms with E-state index in [1.54, 1.807) is 24.4 Å². The molecule has 2 fully saturated rings. The number of pyridine rings is 1. The van der Waals surface area contributed by atoms with Crippen LogP contribution in [-0.4, -0.2) is 109 Å². The van der Waals surface area contributed by atoms with Gasteiger partial charge in [0.1, 0.15) is 22.9 Å². The highest BCUT2D eigenvalue weighted by molar-refractivity contribution is 7.90. The third kappa shape index (κ3) is 9.41. The molecule has 3 aromatic carbocycles. The second kappa shape index (κ2) is 17.2. The van der Waals surface area contributed by atoms with Gasteiger partial charge in [0.25, 0.3) is 21.6 Å². The van der Waals surface area contributed by atoms with E-state index >= 15 is 0 Å². The van der Waals surface area contributed by atoms with Crippen LogP contribution in [-0.2, 0) is 16.4 Å². The first-order valence-electron chi connectivity index (χ1n) is 21.3. The number of piperazine rings is 1. The summed E-state index contributed by atoms with van der Waals surface area (Å²) < 4.78 is 42.1. The molecular weight excluding hydrogens is 846 g/mol. The number of benzene rings is 3. The molecule has 63 heavy (non-hydrogen) atoms. The third-order valence-corrected chi connectivity index (χ3v) is 14.2. The van der Waals surface area contributed by atoms with Crippen molar-refractivity contribution in [1.82, 2.24) is 24.5 Å². The number of hydrogen-bond donors (Lipinski definition) is 3. The van der Waals surface area contributed by atoms with Crippen LogP contribution in [0, 0.1) is 21.4 Å². The summed E-state index contributed by atoms with van der Waals surface area (Å²) in [5.74, 6) is -0.518. The molecule has 330 valence electrons. The molecule has 2 aromatic heterocycles. The average Bonchev–Trinajstić information content (AvgIpc) is 3.72. The Balaban J connectivity index is 0.940. The number of ether oxygens (including phenoxy) is 2. The van der Waals surface area contributed by atoms with Gasteiger partial charge in [0, 0.05) is 98.8 Å². The second-order valence-electron chi connectivity index (χ2n) is 17.9. The summed E-state index contributed by atoms with van der Waals surface area (Å²) in [6.45, 7) is 10.5. The third-order valence-electron chi connectivity index (χ3n) is 12.7. The number of nitro groups is 1. The van der Waals surface area contributed by atoms with E-state index < -0.39 is 31.4 Å². The molecular formula is C46H50ClN7O8S. The molecule has 3 N–H and O–H groups in total. The van der Waals surface area contributed by atoms with Gasteiger partial charge in [-0.15, -0.1) is 0 Å². The normalized spacial score (nSPS) is 19.6. The van der Waals surface area contributed by atoms with Crippen molar-refractivity contribution in [2.75, 3.05) is 63.9 Å². The SMILES string of the molecule is CC1(C)CCC(CN2CCN(c3ccc(C(=O)NS(=O)(=O)c4cc5c(c([N+](=O)[O-])c4)C[C@@H](CN4CC(O)C4)CO5)c(Oc4cnc5[nH]ccc5c4)c3)CC2)=C(c2ccc(Cl)cc2)C1. The number of carbonyl (C=O) groups excluding carboxylic acids is 1. The number of likely N-dealkylation sites (tertiary alicyclic amines) is 1. The van der Waals surface area contributed by atoms with E-state index in [1.807, 2.05) is 23.1 Å². The Labute approximate surface area is 370 Å². The highest BCUT2D eigenvalue weighted by Crippen LogP contribution is 2.44. The molecule has 4 aliphatic rings. The van der Waals surface area contributed by atoms with E-state index in [0.29, 0.717) is 56.1 Å². The van der Waals surface area contributed by atoms with Crippen molar-refractivity contribution in [1.29, 1.82) is 0 Å². The fourth-order valence-corrected chi connectivity index (χ4v) is 10.3. The summed E-state index contributed by atoms with van der Waals surface area (Å²) in [6.07, 6.45) is 6.37. The van der Waals surface area contributed by atoms with Gasteiger partial charge in [0.15, 0.2) is 0 Å². The number of anilines is 1. The van der Waals surface area contributed by atoms with Crippen molar-refractivity contribution in [2.24, 2.45) is 11.3 Å². The number of aliphatic hydroxyl groups excluding tert-OH is 1. The molecule has 9 rings (SSSR count). The van der Waals surface area contributed by atoms with Crippen LogP contribution in [0.1, 0.15) is 54.6 Å². The van der Waals surface area contributed by atoms with Crippen molar-refractivity contribution in [3.8, 4) is 17.2 Å². The number of hydrogen-bond acceptors (Lipinski definition) is 12. The zero-order chi connectivity index (χ0) is 44.0. The number of aliphatic hydroxyl groups is 1. The molecule has 15 nitrogen and oxygen atoms in total. The van der Waals surface area contributed by atoms with Crippen LogP contribution in [0.5, 0.6) is 17.2 Å². The number of nitrogens with one attached hydrogen (secondary N) is 2. The van der Waals surface area contributed by atoms with Crippen LogP contribution in [0.2, 0.25) is 5.02 Å². The summed E-state index contributed by atoms with van der Waals surface area (Å²) >= 11 is 6.24. The molecule has 5 aromatic rings. The summed E-state index contributed by atoms with van der Waals surface area (Å²) in [6, 6.07) is 19.0. The lowest BCUT2D eigenvalue weighted by Crippen LogP contribution is -2.53. The fourth-order valence-electron chi connectivity index (χ4n) is 9.20. The number of carbonyl (C=O) groups is 1. The van der Waals surface area contributed by atoms with Gasteiger partial charge in [-0.3, -0.25) is 24.7 Å². The zero-order valence-electron chi connectivity index (χ0n) is 35.2. The molecule has 5 heterocycles. The van der Waals surface area contributed by atoms with Crippen molar-refractivity contribution in [3.63, 3.8) is 0 Å². The minimum absolute atomic E-state index is 0.0559. The van der Waals surface area contributed by atoms with E-state index in [0.717, 1.165) is 61.1 Å². The van der Waals surface area contributed by atoms with Gasteiger partial charge >= 0.3 is 0 Å². The van der Waals surface area contributed by atoms with Crippen molar-refractivity contribution in [2.45, 2.75) is 50.5 Å². The van der Waals surface area contributed by atoms with Crippen LogP contribution < -0.4 is 19.1 Å². The molecule has 0 radical (unpaired) electrons. The molecule has 1 atom stereocenters. The summed E-state index contributed by atoms with van der Waals surface area (Å²) in [5, 5.41) is 23.5. The Morgan fingerprint density at radius 1 is 1.06 bits per heavy atom. The maximum absolute atomic E-state index is 14.0. The molecule has 2 saturated heterocycles. The van der Waals surface area contributed by atoms with E-state index in [9.17, 15) is 28.4 Å². The van der Waals surface area contributed by atoms with Crippen LogP contribution >= 0.6 is 11.6 Å². The lowest BCUT2D eigenvalue weighted by Gasteiger charge is -2.39. The number of fused-ring (bicyclic) bond motifs is 2. The number of β-amino-alcohol motifs (C(OH)–C–C–N with tert-alkyl or cyclic N) is 1. The Kier molecular flexibility index (Phi) is 11.7. The fraction of sp³-hybridized carbons (Fsp3) is 0.391. The number of allylic oxidation sites excluding steroid dienone is 1. The second-order valence-corrected chi connectivity index (χ2v) is 20.0. The lowest BCUT2D eigenvalue weighted by atomic mass is 9.72. The molecule has 0 unspecified atom stereocenters. The van der Waals surface area contributed by atoms with E-state index in [-0.39, 0.29) is 41.1 Å². The number of rotatable bonds is 12. The number of sulfonamides is 1. The van der Waals surface area contributed by atoms with Crippen LogP contribution in [0.25, 0.3) is 16.6 Å². The maximum atomic E-state index is 14.0. The molecule has 1 amide bonds. The van der Waals surface area contributed by atoms with Gasteiger partial charge in [-0.2, -0.15) is 0 Å². The van der Waals surface area contributed by atoms with Crippen LogP contribution in [0.3, 0.4) is 0 Å². The molecule has 1 aliphatic carbocycles. The average molecular weight is 896 g/mol. The smallest absolute Gasteiger partial charge is 0.277 e. The lowest BCUT2D eigenvalue weighted by molar-refractivity contribution is -0.386. The molecule has 17 heteroatoms. The topological polar surface area (TPSA) is 183 Å². The van der Waals surface area contributed by atoms with Gasteiger partial charge in [-0.25, -0.2) is 18.1 Å².